The highest BCUT2D eigenvalue weighted by Crippen LogP contribution is 2.27. The maximum absolute atomic E-state index is 12.0. The van der Waals surface area contributed by atoms with Crippen LogP contribution >= 0.6 is 0 Å². The fraction of sp³-hybridized carbons (Fsp3) is 0.846. The molecule has 5 nitrogen and oxygen atoms in total. The van der Waals surface area contributed by atoms with E-state index in [-0.39, 0.29) is 5.41 Å². The summed E-state index contributed by atoms with van der Waals surface area (Å²) in [5, 5.41) is 12.2. The minimum atomic E-state index is -1.21. The Labute approximate surface area is 109 Å². The summed E-state index contributed by atoms with van der Waals surface area (Å²) < 4.78 is 5.18. The number of carboxylic acids is 1. The van der Waals surface area contributed by atoms with Crippen molar-refractivity contribution in [3.63, 3.8) is 0 Å². The number of ether oxygens (including phenoxy) is 1. The number of nitrogens with one attached hydrogen (secondary N) is 1. The lowest BCUT2D eigenvalue weighted by Crippen LogP contribution is -2.51. The number of rotatable bonds is 4. The monoisotopic (exact) mass is 259 g/mol. The number of hydrogen-bond donors (Lipinski definition) is 2. The molecule has 18 heavy (non-hydrogen) atoms. The van der Waals surface area contributed by atoms with Crippen molar-refractivity contribution in [3.8, 4) is 0 Å². The second-order valence-corrected chi connectivity index (χ2v) is 6.48. The first-order valence-corrected chi connectivity index (χ1v) is 6.03. The Hall–Kier alpha value is -1.10. The van der Waals surface area contributed by atoms with Crippen LogP contribution in [0.4, 0.5) is 0 Å². The lowest BCUT2D eigenvalue weighted by atomic mass is 9.79. The van der Waals surface area contributed by atoms with Gasteiger partial charge in [-0.05, 0) is 33.2 Å². The van der Waals surface area contributed by atoms with Crippen LogP contribution in [0, 0.1) is 11.3 Å². The van der Waals surface area contributed by atoms with Crippen LogP contribution in [0.5, 0.6) is 0 Å². The first-order chi connectivity index (χ1) is 7.90. The van der Waals surface area contributed by atoms with Gasteiger partial charge < -0.3 is 15.2 Å². The lowest BCUT2D eigenvalue weighted by Gasteiger charge is -2.34. The van der Waals surface area contributed by atoms with Crippen molar-refractivity contribution in [2.75, 3.05) is 7.05 Å². The van der Waals surface area contributed by atoms with E-state index in [2.05, 4.69) is 5.32 Å². The predicted octanol–water partition coefficient (Wildman–Crippen LogP) is 1.66. The topological polar surface area (TPSA) is 75.6 Å². The Morgan fingerprint density at radius 1 is 1.11 bits per heavy atom. The third-order valence-electron chi connectivity index (χ3n) is 2.50. The first kappa shape index (κ1) is 16.9. The Morgan fingerprint density at radius 3 is 1.78 bits per heavy atom. The molecule has 0 aromatic heterocycles. The zero-order chi connectivity index (χ0) is 14.7. The Kier molecular flexibility index (Phi) is 5.35. The van der Waals surface area contributed by atoms with Crippen molar-refractivity contribution in [2.24, 2.45) is 11.3 Å². The third-order valence-corrected chi connectivity index (χ3v) is 2.50. The fourth-order valence-electron chi connectivity index (χ4n) is 1.84. The van der Waals surface area contributed by atoms with E-state index < -0.39 is 29.5 Å². The Balaban J connectivity index is 5.19. The van der Waals surface area contributed by atoms with Gasteiger partial charge in [-0.1, -0.05) is 20.8 Å². The van der Waals surface area contributed by atoms with E-state index in [4.69, 9.17) is 4.74 Å². The summed E-state index contributed by atoms with van der Waals surface area (Å²) in [6.45, 7) is 10.8. The van der Waals surface area contributed by atoms with Crippen LogP contribution in [0.2, 0.25) is 0 Å². The number of esters is 1. The number of aliphatic carboxylic acids is 1. The molecule has 0 radical (unpaired) electrons. The smallest absolute Gasteiger partial charge is 0.322 e. The molecule has 0 amide bonds. The molecule has 0 aromatic rings. The van der Waals surface area contributed by atoms with Gasteiger partial charge in [0, 0.05) is 6.04 Å². The summed E-state index contributed by atoms with van der Waals surface area (Å²) >= 11 is 0. The molecule has 106 valence electrons. The number of carboxylic acid groups (broad SMARTS) is 1. The van der Waals surface area contributed by atoms with Crippen molar-refractivity contribution in [3.05, 3.63) is 0 Å². The highest BCUT2D eigenvalue weighted by atomic mass is 16.6. The van der Waals surface area contributed by atoms with Gasteiger partial charge in [0.05, 0.1) is 0 Å². The van der Waals surface area contributed by atoms with E-state index >= 15 is 0 Å². The van der Waals surface area contributed by atoms with Crippen LogP contribution in [0.15, 0.2) is 0 Å². The second-order valence-electron chi connectivity index (χ2n) is 6.48. The normalized spacial score (nSPS) is 15.9. The number of carbonyl (C=O) groups is 2. The van der Waals surface area contributed by atoms with Crippen molar-refractivity contribution in [1.29, 1.82) is 0 Å². The van der Waals surface area contributed by atoms with Gasteiger partial charge in [-0.2, -0.15) is 0 Å². The molecule has 0 saturated heterocycles. The molecular weight excluding hydrogens is 234 g/mol. The van der Waals surface area contributed by atoms with Crippen LogP contribution in [0.3, 0.4) is 0 Å². The maximum Gasteiger partial charge on any atom is 0.322 e. The molecule has 0 aliphatic carbocycles. The molecule has 0 saturated carbocycles. The highest BCUT2D eigenvalue weighted by Gasteiger charge is 2.42. The average molecular weight is 259 g/mol. The SMILES string of the molecule is CN[C@H](C(C(=O)O)C(=O)OC(C)(C)C)C(C)(C)C. The van der Waals surface area contributed by atoms with Crippen molar-refractivity contribution in [1.82, 2.24) is 5.32 Å². The average Bonchev–Trinajstić information content (AvgIpc) is 2.07. The molecular formula is C13H25NO4. The molecule has 1 unspecified atom stereocenters. The standard InChI is InChI=1S/C13H25NO4/c1-12(2,3)9(14-7)8(10(15)16)11(17)18-13(4,5)6/h8-9,14H,1-7H3,(H,15,16)/t8?,9-/m1/s1. The van der Waals surface area contributed by atoms with Gasteiger partial charge in [0.25, 0.3) is 0 Å². The third kappa shape index (κ3) is 5.04. The molecule has 0 spiro atoms. The van der Waals surface area contributed by atoms with Crippen LogP contribution in [0.25, 0.3) is 0 Å². The van der Waals surface area contributed by atoms with Crippen LogP contribution in [-0.2, 0) is 14.3 Å². The fourth-order valence-corrected chi connectivity index (χ4v) is 1.84. The van der Waals surface area contributed by atoms with Gasteiger partial charge in [0.1, 0.15) is 5.60 Å². The highest BCUT2D eigenvalue weighted by molar-refractivity contribution is 5.95. The maximum atomic E-state index is 12.0. The van der Waals surface area contributed by atoms with Crippen molar-refractivity contribution >= 4 is 11.9 Å². The molecule has 5 heteroatoms. The molecule has 0 aromatic carbocycles. The molecule has 0 rings (SSSR count). The zero-order valence-electron chi connectivity index (χ0n) is 12.3. The van der Waals surface area contributed by atoms with Gasteiger partial charge in [-0.15, -0.1) is 0 Å². The summed E-state index contributed by atoms with van der Waals surface area (Å²) in [5.74, 6) is -3.09. The van der Waals surface area contributed by atoms with Crippen LogP contribution in [0.1, 0.15) is 41.5 Å². The minimum absolute atomic E-state index is 0.366. The number of carbonyl (C=O) groups excluding carboxylic acids is 1. The minimum Gasteiger partial charge on any atom is -0.481 e. The van der Waals surface area contributed by atoms with E-state index in [1.807, 2.05) is 20.8 Å². The van der Waals surface area contributed by atoms with E-state index in [0.717, 1.165) is 0 Å². The van der Waals surface area contributed by atoms with Gasteiger partial charge in [-0.25, -0.2) is 0 Å². The first-order valence-electron chi connectivity index (χ1n) is 6.03. The van der Waals surface area contributed by atoms with Gasteiger partial charge in [0.2, 0.25) is 0 Å². The zero-order valence-corrected chi connectivity index (χ0v) is 12.3. The Bertz CT molecular complexity index is 312. The van der Waals surface area contributed by atoms with Gasteiger partial charge in [0.15, 0.2) is 5.92 Å². The molecule has 0 bridgehead atoms. The van der Waals surface area contributed by atoms with E-state index in [0.29, 0.717) is 0 Å². The van der Waals surface area contributed by atoms with Crippen molar-refractivity contribution in [2.45, 2.75) is 53.2 Å². The van der Waals surface area contributed by atoms with E-state index in [9.17, 15) is 14.7 Å². The number of hydrogen-bond acceptors (Lipinski definition) is 4. The predicted molar refractivity (Wildman–Crippen MR) is 69.3 cm³/mol. The quantitative estimate of drug-likeness (QED) is 0.593. The van der Waals surface area contributed by atoms with E-state index in [1.165, 1.54) is 0 Å². The lowest BCUT2D eigenvalue weighted by molar-refractivity contribution is -0.169. The van der Waals surface area contributed by atoms with Gasteiger partial charge in [-0.3, -0.25) is 9.59 Å². The molecule has 2 atom stereocenters. The van der Waals surface area contributed by atoms with Crippen LogP contribution < -0.4 is 5.32 Å². The molecule has 0 heterocycles. The molecule has 0 aliphatic rings. The van der Waals surface area contributed by atoms with Gasteiger partial charge >= 0.3 is 11.9 Å². The summed E-state index contributed by atoms with van der Waals surface area (Å²) in [6.07, 6.45) is 0. The molecule has 0 aliphatic heterocycles. The van der Waals surface area contributed by atoms with Crippen LogP contribution in [-0.4, -0.2) is 35.7 Å². The summed E-state index contributed by atoms with van der Waals surface area (Å²) in [4.78, 5) is 23.3. The summed E-state index contributed by atoms with van der Waals surface area (Å²) in [6, 6.07) is -0.496. The molecule has 2 N–H and O–H groups in total. The second kappa shape index (κ2) is 5.69. The largest absolute Gasteiger partial charge is 0.481 e. The summed E-state index contributed by atoms with van der Waals surface area (Å²) in [5.41, 5.74) is -1.06. The van der Waals surface area contributed by atoms with Crippen molar-refractivity contribution < 1.29 is 19.4 Å². The summed E-state index contributed by atoms with van der Waals surface area (Å²) in [7, 11) is 1.65. The van der Waals surface area contributed by atoms with E-state index in [1.54, 1.807) is 27.8 Å². The Morgan fingerprint density at radius 2 is 1.56 bits per heavy atom. The molecule has 0 fully saturated rings.